The first-order chi connectivity index (χ1) is 8.20. The second kappa shape index (κ2) is 5.89. The molecule has 0 spiro atoms. The first-order valence-corrected chi connectivity index (χ1v) is 7.49. The summed E-state index contributed by atoms with van der Waals surface area (Å²) in [6, 6.07) is 10.4. The maximum Gasteiger partial charge on any atom is 0.0520 e. The molecule has 2 aromatic rings. The van der Waals surface area contributed by atoms with E-state index in [-0.39, 0.29) is 0 Å². The Balaban J connectivity index is 2.16. The summed E-state index contributed by atoms with van der Waals surface area (Å²) in [5.41, 5.74) is 2.37. The highest BCUT2D eigenvalue weighted by Crippen LogP contribution is 2.25. The summed E-state index contributed by atoms with van der Waals surface area (Å²) in [6.07, 6.45) is 0. The lowest BCUT2D eigenvalue weighted by Crippen LogP contribution is -2.16. The van der Waals surface area contributed by atoms with Crippen LogP contribution in [-0.2, 0) is 12.4 Å². The standard InChI is InChI=1S/C13H13BrClNS/c1-16(8-12-6-11(14)9-17-12)13-5-3-2-4-10(13)7-15/h2-6,9H,7-8H2,1H3. The number of hydrogen-bond acceptors (Lipinski definition) is 2. The molecule has 0 aliphatic rings. The van der Waals surface area contributed by atoms with Gasteiger partial charge < -0.3 is 4.90 Å². The Labute approximate surface area is 119 Å². The number of hydrogen-bond donors (Lipinski definition) is 0. The maximum atomic E-state index is 5.95. The molecule has 0 bridgehead atoms. The van der Waals surface area contributed by atoms with Crippen molar-refractivity contribution in [2.75, 3.05) is 11.9 Å². The van der Waals surface area contributed by atoms with Gasteiger partial charge in [-0.05, 0) is 33.6 Å². The molecule has 0 saturated heterocycles. The number of benzene rings is 1. The lowest BCUT2D eigenvalue weighted by Gasteiger charge is -2.21. The Morgan fingerprint density at radius 1 is 1.35 bits per heavy atom. The highest BCUT2D eigenvalue weighted by atomic mass is 79.9. The summed E-state index contributed by atoms with van der Waals surface area (Å²) in [5.74, 6) is 0.550. The zero-order valence-electron chi connectivity index (χ0n) is 9.49. The number of rotatable bonds is 4. The molecule has 0 aliphatic heterocycles. The Morgan fingerprint density at radius 3 is 2.76 bits per heavy atom. The summed E-state index contributed by atoms with van der Waals surface area (Å²) in [4.78, 5) is 3.57. The van der Waals surface area contributed by atoms with Crippen LogP contribution in [0.1, 0.15) is 10.4 Å². The molecule has 1 nitrogen and oxygen atoms in total. The van der Waals surface area contributed by atoms with Gasteiger partial charge in [-0.1, -0.05) is 18.2 Å². The van der Waals surface area contributed by atoms with E-state index in [1.165, 1.54) is 16.1 Å². The molecule has 0 N–H and O–H groups in total. The zero-order chi connectivity index (χ0) is 12.3. The van der Waals surface area contributed by atoms with Crippen LogP contribution in [0, 0.1) is 0 Å². The van der Waals surface area contributed by atoms with E-state index >= 15 is 0 Å². The van der Waals surface area contributed by atoms with Crippen LogP contribution in [0.3, 0.4) is 0 Å². The van der Waals surface area contributed by atoms with Gasteiger partial charge in [0.1, 0.15) is 0 Å². The first kappa shape index (κ1) is 12.9. The summed E-state index contributed by atoms with van der Waals surface area (Å²) in [6.45, 7) is 0.907. The van der Waals surface area contributed by atoms with E-state index in [0.717, 1.165) is 11.0 Å². The molecule has 2 rings (SSSR count). The van der Waals surface area contributed by atoms with E-state index in [4.69, 9.17) is 11.6 Å². The average Bonchev–Trinajstić information content (AvgIpc) is 2.74. The zero-order valence-corrected chi connectivity index (χ0v) is 12.6. The van der Waals surface area contributed by atoms with Crippen molar-refractivity contribution >= 4 is 44.6 Å². The Bertz CT molecular complexity index is 498. The van der Waals surface area contributed by atoms with Crippen molar-refractivity contribution in [3.8, 4) is 0 Å². The SMILES string of the molecule is CN(Cc1cc(Br)cs1)c1ccccc1CCl. The smallest absolute Gasteiger partial charge is 0.0520 e. The monoisotopic (exact) mass is 329 g/mol. The van der Waals surface area contributed by atoms with Crippen LogP contribution in [0.5, 0.6) is 0 Å². The van der Waals surface area contributed by atoms with Crippen LogP contribution >= 0.6 is 38.9 Å². The highest BCUT2D eigenvalue weighted by molar-refractivity contribution is 9.10. The minimum absolute atomic E-state index is 0.550. The normalized spacial score (nSPS) is 10.5. The van der Waals surface area contributed by atoms with Crippen molar-refractivity contribution in [3.05, 3.63) is 50.6 Å². The van der Waals surface area contributed by atoms with Gasteiger partial charge in [0.2, 0.25) is 0 Å². The quantitative estimate of drug-likeness (QED) is 0.722. The van der Waals surface area contributed by atoms with E-state index in [2.05, 4.69) is 51.5 Å². The molecule has 1 heterocycles. The fraction of sp³-hybridized carbons (Fsp3) is 0.231. The van der Waals surface area contributed by atoms with Crippen molar-refractivity contribution < 1.29 is 0 Å². The van der Waals surface area contributed by atoms with Gasteiger partial charge in [-0.3, -0.25) is 0 Å². The van der Waals surface area contributed by atoms with Gasteiger partial charge in [-0.2, -0.15) is 0 Å². The average molecular weight is 331 g/mol. The van der Waals surface area contributed by atoms with Crippen LogP contribution in [0.4, 0.5) is 5.69 Å². The fourth-order valence-electron chi connectivity index (χ4n) is 1.75. The second-order valence-electron chi connectivity index (χ2n) is 3.85. The van der Waals surface area contributed by atoms with Crippen LogP contribution in [0.25, 0.3) is 0 Å². The molecule has 1 aromatic heterocycles. The van der Waals surface area contributed by atoms with Gasteiger partial charge in [-0.25, -0.2) is 0 Å². The van der Waals surface area contributed by atoms with E-state index in [1.54, 1.807) is 11.3 Å². The van der Waals surface area contributed by atoms with Gasteiger partial charge in [0, 0.05) is 33.3 Å². The minimum Gasteiger partial charge on any atom is -0.369 e. The van der Waals surface area contributed by atoms with E-state index in [1.807, 2.05) is 12.1 Å². The first-order valence-electron chi connectivity index (χ1n) is 5.28. The largest absolute Gasteiger partial charge is 0.369 e. The highest BCUT2D eigenvalue weighted by Gasteiger charge is 2.07. The maximum absolute atomic E-state index is 5.95. The van der Waals surface area contributed by atoms with E-state index < -0.39 is 0 Å². The molecule has 0 saturated carbocycles. The van der Waals surface area contributed by atoms with Gasteiger partial charge in [0.15, 0.2) is 0 Å². The van der Waals surface area contributed by atoms with Crippen molar-refractivity contribution in [1.82, 2.24) is 0 Å². The minimum atomic E-state index is 0.550. The molecule has 0 unspecified atom stereocenters. The van der Waals surface area contributed by atoms with E-state index in [9.17, 15) is 0 Å². The molecule has 0 atom stereocenters. The third-order valence-corrected chi connectivity index (χ3v) is 4.53. The van der Waals surface area contributed by atoms with Crippen molar-refractivity contribution in [3.63, 3.8) is 0 Å². The van der Waals surface area contributed by atoms with Crippen molar-refractivity contribution in [2.24, 2.45) is 0 Å². The molecule has 90 valence electrons. The predicted octanol–water partition coefficient (Wildman–Crippen LogP) is 4.89. The topological polar surface area (TPSA) is 3.24 Å². The number of halogens is 2. The van der Waals surface area contributed by atoms with Gasteiger partial charge in [0.05, 0.1) is 6.54 Å². The Kier molecular flexibility index (Phi) is 4.48. The Hall–Kier alpha value is -0.510. The second-order valence-corrected chi connectivity index (χ2v) is 6.03. The summed E-state index contributed by atoms with van der Waals surface area (Å²) in [5, 5.41) is 2.11. The molecule has 17 heavy (non-hydrogen) atoms. The van der Waals surface area contributed by atoms with Gasteiger partial charge >= 0.3 is 0 Å². The van der Waals surface area contributed by atoms with Crippen LogP contribution in [0.2, 0.25) is 0 Å². The fourth-order valence-corrected chi connectivity index (χ4v) is 3.48. The molecule has 1 aromatic carbocycles. The van der Waals surface area contributed by atoms with Crippen LogP contribution in [-0.4, -0.2) is 7.05 Å². The lowest BCUT2D eigenvalue weighted by molar-refractivity contribution is 0.932. The Morgan fingerprint density at radius 2 is 2.12 bits per heavy atom. The third kappa shape index (κ3) is 3.24. The predicted molar refractivity (Wildman–Crippen MR) is 80.1 cm³/mol. The van der Waals surface area contributed by atoms with Gasteiger partial charge in [-0.15, -0.1) is 22.9 Å². The number of thiophene rings is 1. The lowest BCUT2D eigenvalue weighted by atomic mass is 10.2. The number of para-hydroxylation sites is 1. The summed E-state index contributed by atoms with van der Waals surface area (Å²) in [7, 11) is 2.10. The molecular weight excluding hydrogens is 318 g/mol. The van der Waals surface area contributed by atoms with Crippen molar-refractivity contribution in [1.29, 1.82) is 0 Å². The van der Waals surface area contributed by atoms with Crippen LogP contribution < -0.4 is 4.90 Å². The molecular formula is C13H13BrClNS. The molecule has 4 heteroatoms. The number of nitrogens with zero attached hydrogens (tertiary/aromatic N) is 1. The molecule has 0 fully saturated rings. The molecule has 0 amide bonds. The summed E-state index contributed by atoms with van der Waals surface area (Å²) < 4.78 is 1.15. The number of anilines is 1. The van der Waals surface area contributed by atoms with E-state index in [0.29, 0.717) is 5.88 Å². The summed E-state index contributed by atoms with van der Waals surface area (Å²) >= 11 is 11.2. The van der Waals surface area contributed by atoms with Crippen LogP contribution in [0.15, 0.2) is 40.2 Å². The molecule has 0 aliphatic carbocycles. The molecule has 0 radical (unpaired) electrons. The number of alkyl halides is 1. The van der Waals surface area contributed by atoms with Crippen molar-refractivity contribution in [2.45, 2.75) is 12.4 Å². The third-order valence-electron chi connectivity index (χ3n) is 2.56. The van der Waals surface area contributed by atoms with Gasteiger partial charge in [0.25, 0.3) is 0 Å².